The first-order valence-electron chi connectivity index (χ1n) is 4.91. The van der Waals surface area contributed by atoms with E-state index in [-0.39, 0.29) is 0 Å². The van der Waals surface area contributed by atoms with E-state index in [1.54, 1.807) is 7.11 Å². The van der Waals surface area contributed by atoms with Gasteiger partial charge < -0.3 is 9.26 Å². The minimum Gasteiger partial charge on any atom is -0.496 e. The molecule has 0 N–H and O–H groups in total. The molecule has 0 saturated heterocycles. The standard InChI is InChI=1S/C12H12BrNO2/c1-8-3-4-11(15-2)10(5-8)12-6-9(7-13)14-16-12/h3-6H,7H2,1-2H3. The van der Waals surface area contributed by atoms with Gasteiger partial charge in [0.25, 0.3) is 0 Å². The van der Waals surface area contributed by atoms with E-state index in [0.29, 0.717) is 5.33 Å². The number of nitrogens with zero attached hydrogens (tertiary/aromatic N) is 1. The van der Waals surface area contributed by atoms with Crippen molar-refractivity contribution in [2.45, 2.75) is 12.3 Å². The molecule has 0 aliphatic rings. The molecule has 4 heteroatoms. The van der Waals surface area contributed by atoms with Gasteiger partial charge in [-0.3, -0.25) is 0 Å². The molecule has 0 fully saturated rings. The minimum absolute atomic E-state index is 0.685. The molecule has 0 bridgehead atoms. The number of alkyl halides is 1. The Balaban J connectivity index is 2.49. The fourth-order valence-corrected chi connectivity index (χ4v) is 1.78. The van der Waals surface area contributed by atoms with Crippen molar-refractivity contribution in [3.05, 3.63) is 35.5 Å². The van der Waals surface area contributed by atoms with Crippen molar-refractivity contribution >= 4 is 15.9 Å². The summed E-state index contributed by atoms with van der Waals surface area (Å²) < 4.78 is 10.6. The van der Waals surface area contributed by atoms with E-state index in [1.165, 1.54) is 0 Å². The van der Waals surface area contributed by atoms with Gasteiger partial charge in [0, 0.05) is 11.4 Å². The summed E-state index contributed by atoms with van der Waals surface area (Å²) in [6.45, 7) is 2.03. The van der Waals surface area contributed by atoms with Crippen LogP contribution >= 0.6 is 15.9 Å². The van der Waals surface area contributed by atoms with E-state index in [1.807, 2.05) is 31.2 Å². The predicted molar refractivity (Wildman–Crippen MR) is 65.9 cm³/mol. The molecular weight excluding hydrogens is 270 g/mol. The lowest BCUT2D eigenvalue weighted by atomic mass is 10.1. The van der Waals surface area contributed by atoms with Crippen LogP contribution in [0.4, 0.5) is 0 Å². The fraction of sp³-hybridized carbons (Fsp3) is 0.250. The van der Waals surface area contributed by atoms with Crippen LogP contribution in [0.1, 0.15) is 11.3 Å². The van der Waals surface area contributed by atoms with E-state index < -0.39 is 0 Å². The third-order valence-electron chi connectivity index (χ3n) is 2.32. The quantitative estimate of drug-likeness (QED) is 0.807. The van der Waals surface area contributed by atoms with E-state index in [0.717, 1.165) is 28.3 Å². The van der Waals surface area contributed by atoms with Gasteiger partial charge in [-0.15, -0.1) is 0 Å². The molecule has 3 nitrogen and oxygen atoms in total. The third-order valence-corrected chi connectivity index (χ3v) is 2.89. The molecule has 84 valence electrons. The summed E-state index contributed by atoms with van der Waals surface area (Å²) in [5.74, 6) is 1.53. The highest BCUT2D eigenvalue weighted by atomic mass is 79.9. The van der Waals surface area contributed by atoms with Gasteiger partial charge in [-0.05, 0) is 19.1 Å². The van der Waals surface area contributed by atoms with Crippen molar-refractivity contribution in [1.82, 2.24) is 5.16 Å². The fourth-order valence-electron chi connectivity index (χ4n) is 1.52. The number of rotatable bonds is 3. The highest BCUT2D eigenvalue weighted by Crippen LogP contribution is 2.31. The Bertz CT molecular complexity index is 494. The molecule has 0 atom stereocenters. The highest BCUT2D eigenvalue weighted by molar-refractivity contribution is 9.08. The van der Waals surface area contributed by atoms with E-state index in [4.69, 9.17) is 9.26 Å². The molecule has 16 heavy (non-hydrogen) atoms. The van der Waals surface area contributed by atoms with Crippen LogP contribution in [0.25, 0.3) is 11.3 Å². The second-order valence-corrected chi connectivity index (χ2v) is 4.08. The van der Waals surface area contributed by atoms with Crippen LogP contribution < -0.4 is 4.74 Å². The zero-order valence-electron chi connectivity index (χ0n) is 9.16. The largest absolute Gasteiger partial charge is 0.496 e. The molecule has 0 aliphatic carbocycles. The summed E-state index contributed by atoms with van der Waals surface area (Å²) in [5.41, 5.74) is 2.97. The lowest BCUT2D eigenvalue weighted by Crippen LogP contribution is -1.87. The van der Waals surface area contributed by atoms with Crippen LogP contribution in [-0.4, -0.2) is 12.3 Å². The number of methoxy groups -OCH3 is 1. The normalized spacial score (nSPS) is 10.4. The summed E-state index contributed by atoms with van der Waals surface area (Å²) in [5, 5.41) is 4.62. The number of halogens is 1. The van der Waals surface area contributed by atoms with Crippen LogP contribution in [0.15, 0.2) is 28.8 Å². The van der Waals surface area contributed by atoms with Crippen molar-refractivity contribution < 1.29 is 9.26 Å². The summed E-state index contributed by atoms with van der Waals surface area (Å²) in [6, 6.07) is 7.87. The average Bonchev–Trinajstić information content (AvgIpc) is 2.77. The predicted octanol–water partition coefficient (Wildman–Crippen LogP) is 3.55. The number of aromatic nitrogens is 1. The average molecular weight is 282 g/mol. The van der Waals surface area contributed by atoms with Gasteiger partial charge in [0.05, 0.1) is 18.4 Å². The molecule has 2 rings (SSSR count). The van der Waals surface area contributed by atoms with Crippen LogP contribution in [0.5, 0.6) is 5.75 Å². The lowest BCUT2D eigenvalue weighted by molar-refractivity contribution is 0.404. The summed E-state index contributed by atoms with van der Waals surface area (Å²) >= 11 is 3.34. The van der Waals surface area contributed by atoms with Crippen LogP contribution in [0, 0.1) is 6.92 Å². The molecular formula is C12H12BrNO2. The first-order chi connectivity index (χ1) is 7.74. The number of hydrogen-bond donors (Lipinski definition) is 0. The lowest BCUT2D eigenvalue weighted by Gasteiger charge is -2.05. The Morgan fingerprint density at radius 2 is 2.19 bits per heavy atom. The second-order valence-electron chi connectivity index (χ2n) is 3.52. The van der Waals surface area contributed by atoms with Crippen LogP contribution in [-0.2, 0) is 5.33 Å². The Hall–Kier alpha value is -1.29. The van der Waals surface area contributed by atoms with E-state index in [2.05, 4.69) is 21.1 Å². The number of aryl methyl sites for hydroxylation is 1. The number of hydrogen-bond acceptors (Lipinski definition) is 3. The summed E-state index contributed by atoms with van der Waals surface area (Å²) in [4.78, 5) is 0. The monoisotopic (exact) mass is 281 g/mol. The van der Waals surface area contributed by atoms with E-state index >= 15 is 0 Å². The van der Waals surface area contributed by atoms with Crippen molar-refractivity contribution in [2.24, 2.45) is 0 Å². The highest BCUT2D eigenvalue weighted by Gasteiger charge is 2.11. The Morgan fingerprint density at radius 3 is 2.81 bits per heavy atom. The van der Waals surface area contributed by atoms with Gasteiger partial charge in [-0.1, -0.05) is 32.7 Å². The van der Waals surface area contributed by atoms with Gasteiger partial charge in [-0.2, -0.15) is 0 Å². The maximum absolute atomic E-state index is 5.30. The minimum atomic E-state index is 0.685. The molecule has 0 unspecified atom stereocenters. The maximum Gasteiger partial charge on any atom is 0.170 e. The van der Waals surface area contributed by atoms with Gasteiger partial charge >= 0.3 is 0 Å². The van der Waals surface area contributed by atoms with Crippen molar-refractivity contribution in [3.8, 4) is 17.1 Å². The molecule has 1 aromatic carbocycles. The zero-order chi connectivity index (χ0) is 11.5. The SMILES string of the molecule is COc1ccc(C)cc1-c1cc(CBr)no1. The molecule has 2 aromatic rings. The first kappa shape index (κ1) is 11.2. The van der Waals surface area contributed by atoms with E-state index in [9.17, 15) is 0 Å². The van der Waals surface area contributed by atoms with Gasteiger partial charge in [0.1, 0.15) is 5.75 Å². The first-order valence-corrected chi connectivity index (χ1v) is 6.03. The number of benzene rings is 1. The third kappa shape index (κ3) is 2.11. The molecule has 0 radical (unpaired) electrons. The molecule has 0 aliphatic heterocycles. The number of ether oxygens (including phenoxy) is 1. The van der Waals surface area contributed by atoms with Gasteiger partial charge in [0.15, 0.2) is 5.76 Å². The Labute approximate surface area is 103 Å². The van der Waals surface area contributed by atoms with Crippen molar-refractivity contribution in [2.75, 3.05) is 7.11 Å². The van der Waals surface area contributed by atoms with Crippen molar-refractivity contribution in [3.63, 3.8) is 0 Å². The van der Waals surface area contributed by atoms with Crippen LogP contribution in [0.3, 0.4) is 0 Å². The summed E-state index contributed by atoms with van der Waals surface area (Å²) in [6.07, 6.45) is 0. The zero-order valence-corrected chi connectivity index (χ0v) is 10.7. The topological polar surface area (TPSA) is 35.3 Å². The molecule has 0 amide bonds. The molecule has 0 spiro atoms. The molecule has 1 aromatic heterocycles. The van der Waals surface area contributed by atoms with Crippen LogP contribution in [0.2, 0.25) is 0 Å². The maximum atomic E-state index is 5.30. The molecule has 1 heterocycles. The summed E-state index contributed by atoms with van der Waals surface area (Å²) in [7, 11) is 1.65. The molecule has 0 saturated carbocycles. The Kier molecular flexibility index (Phi) is 3.29. The van der Waals surface area contributed by atoms with Crippen molar-refractivity contribution in [1.29, 1.82) is 0 Å². The van der Waals surface area contributed by atoms with Gasteiger partial charge in [0.2, 0.25) is 0 Å². The van der Waals surface area contributed by atoms with Gasteiger partial charge in [-0.25, -0.2) is 0 Å². The Morgan fingerprint density at radius 1 is 1.38 bits per heavy atom. The smallest absolute Gasteiger partial charge is 0.170 e. The second kappa shape index (κ2) is 4.70.